The van der Waals surface area contributed by atoms with Crippen molar-refractivity contribution in [1.82, 2.24) is 9.80 Å². The number of benzene rings is 1. The molecule has 1 spiro atoms. The zero-order valence-electron chi connectivity index (χ0n) is 14.8. The van der Waals surface area contributed by atoms with E-state index in [1.54, 1.807) is 0 Å². The first kappa shape index (κ1) is 15.9. The lowest BCUT2D eigenvalue weighted by Gasteiger charge is -2.40. The highest BCUT2D eigenvalue weighted by Crippen LogP contribution is 2.43. The molecule has 1 saturated heterocycles. The van der Waals surface area contributed by atoms with Gasteiger partial charge in [0.2, 0.25) is 0 Å². The van der Waals surface area contributed by atoms with Gasteiger partial charge in [-0.25, -0.2) is 4.79 Å². The van der Waals surface area contributed by atoms with Gasteiger partial charge in [0, 0.05) is 30.9 Å². The minimum absolute atomic E-state index is 0.0650. The topological polar surface area (TPSA) is 35.6 Å². The molecule has 1 aromatic carbocycles. The lowest BCUT2D eigenvalue weighted by Crippen LogP contribution is -2.55. The second-order valence-electron chi connectivity index (χ2n) is 7.96. The van der Waals surface area contributed by atoms with Gasteiger partial charge in [-0.1, -0.05) is 31.4 Å². The van der Waals surface area contributed by atoms with Crippen molar-refractivity contribution < 1.29 is 4.79 Å². The van der Waals surface area contributed by atoms with E-state index in [1.807, 2.05) is 11.0 Å². The molecule has 1 aromatic rings. The molecule has 4 rings (SSSR count). The van der Waals surface area contributed by atoms with Gasteiger partial charge in [0.1, 0.15) is 0 Å². The van der Waals surface area contributed by atoms with Crippen LogP contribution in [0.2, 0.25) is 0 Å². The van der Waals surface area contributed by atoms with E-state index in [9.17, 15) is 4.79 Å². The van der Waals surface area contributed by atoms with E-state index in [0.29, 0.717) is 5.92 Å². The van der Waals surface area contributed by atoms with Crippen molar-refractivity contribution >= 4 is 11.7 Å². The summed E-state index contributed by atoms with van der Waals surface area (Å²) in [5, 5.41) is 3.14. The Morgan fingerprint density at radius 1 is 1.17 bits per heavy atom. The maximum absolute atomic E-state index is 12.7. The van der Waals surface area contributed by atoms with Gasteiger partial charge in [0.05, 0.1) is 0 Å². The van der Waals surface area contributed by atoms with Crippen LogP contribution >= 0.6 is 0 Å². The predicted molar refractivity (Wildman–Crippen MR) is 97.5 cm³/mol. The molecule has 1 heterocycles. The number of nitrogens with zero attached hydrogens (tertiary/aromatic N) is 2. The molecule has 0 radical (unpaired) electrons. The maximum Gasteiger partial charge on any atom is 0.321 e. The van der Waals surface area contributed by atoms with E-state index >= 15 is 0 Å². The van der Waals surface area contributed by atoms with Crippen LogP contribution in [0.25, 0.3) is 0 Å². The molecule has 2 aliphatic carbocycles. The summed E-state index contributed by atoms with van der Waals surface area (Å²) in [6.07, 6.45) is 9.08. The van der Waals surface area contributed by atoms with Gasteiger partial charge >= 0.3 is 6.03 Å². The number of carbonyl (C=O) groups excluding carboxylic acids is 1. The standard InChI is InChI=1S/C20H29N3O/c1-22-12-13-23(15-20(22)10-11-20)19(24)21-18-9-5-8-17(14-18)16-6-3-2-4-7-16/h5,8-9,14,16H,2-4,6-7,10-13,15H2,1H3,(H,21,24). The van der Waals surface area contributed by atoms with Gasteiger partial charge in [-0.15, -0.1) is 0 Å². The van der Waals surface area contributed by atoms with Crippen LogP contribution in [-0.2, 0) is 0 Å². The highest BCUT2D eigenvalue weighted by atomic mass is 16.2. The largest absolute Gasteiger partial charge is 0.321 e. The average molecular weight is 327 g/mol. The number of hydrogen-bond donors (Lipinski definition) is 1. The molecule has 3 aliphatic rings. The van der Waals surface area contributed by atoms with E-state index in [-0.39, 0.29) is 11.6 Å². The minimum Gasteiger partial charge on any atom is -0.321 e. The Balaban J connectivity index is 1.40. The Hall–Kier alpha value is -1.55. The van der Waals surface area contributed by atoms with Gasteiger partial charge in [0.25, 0.3) is 0 Å². The molecule has 0 bridgehead atoms. The fourth-order valence-electron chi connectivity index (χ4n) is 4.43. The number of hydrogen-bond acceptors (Lipinski definition) is 2. The molecule has 2 saturated carbocycles. The quantitative estimate of drug-likeness (QED) is 0.889. The maximum atomic E-state index is 12.7. The second-order valence-corrected chi connectivity index (χ2v) is 7.96. The molecule has 0 unspecified atom stereocenters. The third-order valence-corrected chi connectivity index (χ3v) is 6.33. The third-order valence-electron chi connectivity index (χ3n) is 6.33. The van der Waals surface area contributed by atoms with Gasteiger partial charge in [-0.05, 0) is 56.3 Å². The second kappa shape index (κ2) is 6.40. The van der Waals surface area contributed by atoms with Crippen molar-refractivity contribution in [2.75, 3.05) is 32.0 Å². The highest BCUT2D eigenvalue weighted by molar-refractivity contribution is 5.89. The van der Waals surface area contributed by atoms with Crippen LogP contribution in [-0.4, -0.2) is 48.1 Å². The fraction of sp³-hybridized carbons (Fsp3) is 0.650. The number of rotatable bonds is 2. The molecular formula is C20H29N3O. The van der Waals surface area contributed by atoms with E-state index < -0.39 is 0 Å². The molecule has 2 amide bonds. The van der Waals surface area contributed by atoms with Crippen molar-refractivity contribution in [3.63, 3.8) is 0 Å². The normalized spacial score (nSPS) is 24.1. The lowest BCUT2D eigenvalue weighted by molar-refractivity contribution is 0.102. The first-order valence-corrected chi connectivity index (χ1v) is 9.53. The van der Waals surface area contributed by atoms with Crippen LogP contribution in [0.1, 0.15) is 56.4 Å². The van der Waals surface area contributed by atoms with E-state index in [1.165, 1.54) is 50.5 Å². The molecular weight excluding hydrogens is 298 g/mol. The first-order valence-electron chi connectivity index (χ1n) is 9.53. The van der Waals surface area contributed by atoms with Crippen molar-refractivity contribution in [2.24, 2.45) is 0 Å². The van der Waals surface area contributed by atoms with Crippen LogP contribution in [0.5, 0.6) is 0 Å². The Bertz CT molecular complexity index is 605. The first-order chi connectivity index (χ1) is 11.7. The van der Waals surface area contributed by atoms with Crippen molar-refractivity contribution in [3.8, 4) is 0 Å². The van der Waals surface area contributed by atoms with Gasteiger partial charge in [-0.2, -0.15) is 0 Å². The summed E-state index contributed by atoms with van der Waals surface area (Å²) >= 11 is 0. The summed E-state index contributed by atoms with van der Waals surface area (Å²) in [4.78, 5) is 17.1. The van der Waals surface area contributed by atoms with E-state index in [2.05, 4.69) is 35.5 Å². The van der Waals surface area contributed by atoms with Gasteiger partial charge in [0.15, 0.2) is 0 Å². The molecule has 3 fully saturated rings. The van der Waals surface area contributed by atoms with Gasteiger partial charge < -0.3 is 10.2 Å². The molecule has 4 nitrogen and oxygen atoms in total. The van der Waals surface area contributed by atoms with Gasteiger partial charge in [-0.3, -0.25) is 4.90 Å². The molecule has 130 valence electrons. The number of likely N-dealkylation sites (N-methyl/N-ethyl adjacent to an activating group) is 1. The Kier molecular flexibility index (Phi) is 4.25. The van der Waals surface area contributed by atoms with Crippen molar-refractivity contribution in [2.45, 2.75) is 56.4 Å². The smallest absolute Gasteiger partial charge is 0.321 e. The lowest BCUT2D eigenvalue weighted by atomic mass is 9.84. The molecule has 0 atom stereocenters. The SMILES string of the molecule is CN1CCN(C(=O)Nc2cccc(C3CCCCC3)c2)CC12CC2. The van der Waals surface area contributed by atoms with Crippen LogP contribution < -0.4 is 5.32 Å². The van der Waals surface area contributed by atoms with E-state index in [0.717, 1.165) is 25.3 Å². The zero-order chi connectivity index (χ0) is 16.6. The van der Waals surface area contributed by atoms with Crippen LogP contribution in [0.15, 0.2) is 24.3 Å². The molecule has 0 aromatic heterocycles. The minimum atomic E-state index is 0.0650. The fourth-order valence-corrected chi connectivity index (χ4v) is 4.43. The number of piperazine rings is 1. The summed E-state index contributed by atoms with van der Waals surface area (Å²) in [6.45, 7) is 2.68. The van der Waals surface area contributed by atoms with Crippen LogP contribution in [0, 0.1) is 0 Å². The average Bonchev–Trinajstić information content (AvgIpc) is 3.39. The summed E-state index contributed by atoms with van der Waals surface area (Å²) < 4.78 is 0. The third kappa shape index (κ3) is 3.16. The highest BCUT2D eigenvalue weighted by Gasteiger charge is 2.50. The van der Waals surface area contributed by atoms with Crippen molar-refractivity contribution in [1.29, 1.82) is 0 Å². The summed E-state index contributed by atoms with van der Waals surface area (Å²) in [6, 6.07) is 8.59. The molecule has 4 heteroatoms. The number of anilines is 1. The predicted octanol–water partition coefficient (Wildman–Crippen LogP) is 4.05. The molecule has 1 aliphatic heterocycles. The Labute approximate surface area is 145 Å². The van der Waals surface area contributed by atoms with Crippen LogP contribution in [0.3, 0.4) is 0 Å². The number of amides is 2. The summed E-state index contributed by atoms with van der Waals surface area (Å²) in [5.74, 6) is 0.675. The number of carbonyl (C=O) groups is 1. The number of urea groups is 1. The van der Waals surface area contributed by atoms with E-state index in [4.69, 9.17) is 0 Å². The zero-order valence-corrected chi connectivity index (χ0v) is 14.8. The Morgan fingerprint density at radius 2 is 1.96 bits per heavy atom. The summed E-state index contributed by atoms with van der Waals surface area (Å²) in [5.41, 5.74) is 2.62. The summed E-state index contributed by atoms with van der Waals surface area (Å²) in [7, 11) is 2.19. The van der Waals surface area contributed by atoms with Crippen molar-refractivity contribution in [3.05, 3.63) is 29.8 Å². The molecule has 1 N–H and O–H groups in total. The number of nitrogens with one attached hydrogen (secondary N) is 1. The monoisotopic (exact) mass is 327 g/mol. The van der Waals surface area contributed by atoms with Crippen LogP contribution in [0.4, 0.5) is 10.5 Å². The molecule has 24 heavy (non-hydrogen) atoms. The Morgan fingerprint density at radius 3 is 2.71 bits per heavy atom.